The van der Waals surface area contributed by atoms with Gasteiger partial charge in [0.05, 0.1) is 18.6 Å². The minimum absolute atomic E-state index is 0.00491. The normalized spacial score (nSPS) is 51.8. The monoisotopic (exact) mass is 180 g/mol. The highest BCUT2D eigenvalue weighted by atomic mass is 16.5. The predicted molar refractivity (Wildman–Crippen MR) is 44.9 cm³/mol. The predicted octanol–water partition coefficient (Wildman–Crippen LogP) is -0.00520. The molecule has 0 amide bonds. The van der Waals surface area contributed by atoms with Crippen LogP contribution in [0, 0.1) is 23.7 Å². The van der Waals surface area contributed by atoms with Gasteiger partial charge in [0.2, 0.25) is 0 Å². The molecule has 3 heteroatoms. The van der Waals surface area contributed by atoms with Crippen LogP contribution in [0.2, 0.25) is 0 Å². The van der Waals surface area contributed by atoms with E-state index in [2.05, 4.69) is 0 Å². The Morgan fingerprint density at radius 2 is 2.38 bits per heavy atom. The summed E-state index contributed by atoms with van der Waals surface area (Å²) in [5.74, 6) is 0.685. The molecule has 1 aliphatic heterocycles. The van der Waals surface area contributed by atoms with Gasteiger partial charge in [-0.2, -0.15) is 0 Å². The molecule has 5 atom stereocenters. The molecule has 0 spiro atoms. The number of ether oxygens (including phenoxy) is 1. The second-order valence-corrected chi connectivity index (χ2v) is 4.15. The van der Waals surface area contributed by atoms with Crippen LogP contribution < -0.4 is 0 Å². The van der Waals surface area contributed by atoms with Gasteiger partial charge in [-0.25, -0.2) is 0 Å². The van der Waals surface area contributed by atoms with Crippen LogP contribution in [0.25, 0.3) is 0 Å². The maximum absolute atomic E-state index is 11.8. The molecule has 0 unspecified atom stereocenters. The third-order valence-corrected chi connectivity index (χ3v) is 3.68. The summed E-state index contributed by atoms with van der Waals surface area (Å²) in [6, 6.07) is 0. The first-order valence-corrected chi connectivity index (χ1v) is 4.77. The third kappa shape index (κ3) is 0.790. The lowest BCUT2D eigenvalue weighted by atomic mass is 9.90. The van der Waals surface area contributed by atoms with E-state index in [-0.39, 0.29) is 42.2 Å². The average Bonchev–Trinajstić information content (AvgIpc) is 2.56. The Balaban J connectivity index is 2.06. The van der Waals surface area contributed by atoms with Gasteiger partial charge in [0, 0.05) is 24.4 Å². The first kappa shape index (κ1) is 7.71. The number of ketones is 1. The van der Waals surface area contributed by atoms with Crippen LogP contribution in [0.5, 0.6) is 0 Å². The molecule has 0 radical (unpaired) electrons. The Labute approximate surface area is 76.4 Å². The summed E-state index contributed by atoms with van der Waals surface area (Å²) in [7, 11) is 0. The summed E-state index contributed by atoms with van der Waals surface area (Å²) in [6.07, 6.45) is 3.92. The number of hydrogen-bond acceptors (Lipinski definition) is 3. The fraction of sp³-hybridized carbons (Fsp3) is 0.700. The molecule has 2 aliphatic carbocycles. The van der Waals surface area contributed by atoms with Crippen LogP contribution in [-0.2, 0) is 9.53 Å². The third-order valence-electron chi connectivity index (χ3n) is 3.68. The maximum Gasteiger partial charge on any atom is 0.146 e. The van der Waals surface area contributed by atoms with Crippen molar-refractivity contribution in [3.63, 3.8) is 0 Å². The Morgan fingerprint density at radius 3 is 3.15 bits per heavy atom. The molecular formula is C10H12O3. The van der Waals surface area contributed by atoms with Crippen molar-refractivity contribution in [3.8, 4) is 0 Å². The van der Waals surface area contributed by atoms with Crippen LogP contribution in [0.1, 0.15) is 0 Å². The smallest absolute Gasteiger partial charge is 0.146 e. The van der Waals surface area contributed by atoms with Gasteiger partial charge >= 0.3 is 0 Å². The number of fused-ring (bicyclic) bond motifs is 1. The Morgan fingerprint density at radius 1 is 1.54 bits per heavy atom. The van der Waals surface area contributed by atoms with Gasteiger partial charge in [-0.1, -0.05) is 12.2 Å². The van der Waals surface area contributed by atoms with Crippen LogP contribution in [0.15, 0.2) is 12.2 Å². The molecular weight excluding hydrogens is 168 g/mol. The van der Waals surface area contributed by atoms with Crippen molar-refractivity contribution in [2.45, 2.75) is 6.10 Å². The summed E-state index contributed by atoms with van der Waals surface area (Å²) in [4.78, 5) is 11.8. The molecule has 2 bridgehead atoms. The van der Waals surface area contributed by atoms with Crippen molar-refractivity contribution >= 4 is 5.78 Å². The van der Waals surface area contributed by atoms with E-state index < -0.39 is 0 Å². The van der Waals surface area contributed by atoms with Gasteiger partial charge in [-0.3, -0.25) is 4.79 Å². The Kier molecular flexibility index (Phi) is 1.44. The SMILES string of the molecule is O=C1[C@H]2[C@@H]3CO[C@H]2C=C[C@H]1[C@H]3CO. The largest absolute Gasteiger partial charge is 0.396 e. The number of rotatable bonds is 1. The van der Waals surface area contributed by atoms with E-state index in [0.29, 0.717) is 6.61 Å². The molecule has 0 aromatic heterocycles. The molecule has 2 fully saturated rings. The van der Waals surface area contributed by atoms with E-state index in [4.69, 9.17) is 4.74 Å². The van der Waals surface area contributed by atoms with Gasteiger partial charge in [-0.05, 0) is 0 Å². The Hall–Kier alpha value is -0.670. The lowest BCUT2D eigenvalue weighted by Crippen LogP contribution is -2.28. The number of Topliss-reactive ketones (excluding diaryl/α,β-unsaturated/α-hetero) is 1. The van der Waals surface area contributed by atoms with E-state index in [1.165, 1.54) is 0 Å². The number of carbonyl (C=O) groups excluding carboxylic acids is 1. The van der Waals surface area contributed by atoms with Crippen molar-refractivity contribution in [1.29, 1.82) is 0 Å². The highest BCUT2D eigenvalue weighted by Crippen LogP contribution is 2.48. The molecule has 0 aromatic carbocycles. The quantitative estimate of drug-likeness (QED) is 0.577. The van der Waals surface area contributed by atoms with Crippen LogP contribution >= 0.6 is 0 Å². The Bertz CT molecular complexity index is 284. The van der Waals surface area contributed by atoms with E-state index in [0.717, 1.165) is 0 Å². The fourth-order valence-electron chi connectivity index (χ4n) is 3.03. The minimum Gasteiger partial charge on any atom is -0.396 e. The molecule has 3 rings (SSSR count). The molecule has 13 heavy (non-hydrogen) atoms. The van der Waals surface area contributed by atoms with Crippen LogP contribution in [0.4, 0.5) is 0 Å². The van der Waals surface area contributed by atoms with Crippen molar-refractivity contribution in [3.05, 3.63) is 12.2 Å². The van der Waals surface area contributed by atoms with Gasteiger partial charge in [0.15, 0.2) is 0 Å². The lowest BCUT2D eigenvalue weighted by Gasteiger charge is -2.20. The van der Waals surface area contributed by atoms with Gasteiger partial charge in [0.1, 0.15) is 5.78 Å². The average molecular weight is 180 g/mol. The van der Waals surface area contributed by atoms with E-state index in [1.54, 1.807) is 0 Å². The number of allylic oxidation sites excluding steroid dienone is 1. The lowest BCUT2D eigenvalue weighted by molar-refractivity contribution is -0.125. The first-order valence-electron chi connectivity index (χ1n) is 4.77. The first-order chi connectivity index (χ1) is 6.33. The van der Waals surface area contributed by atoms with Crippen molar-refractivity contribution in [2.75, 3.05) is 13.2 Å². The zero-order valence-corrected chi connectivity index (χ0v) is 7.22. The summed E-state index contributed by atoms with van der Waals surface area (Å²) >= 11 is 0. The van der Waals surface area contributed by atoms with Gasteiger partial charge < -0.3 is 9.84 Å². The highest BCUT2D eigenvalue weighted by Gasteiger charge is 2.56. The molecule has 0 aromatic rings. The zero-order chi connectivity index (χ0) is 9.00. The topological polar surface area (TPSA) is 46.5 Å². The van der Waals surface area contributed by atoms with Gasteiger partial charge in [-0.15, -0.1) is 0 Å². The fourth-order valence-corrected chi connectivity index (χ4v) is 3.03. The van der Waals surface area contributed by atoms with E-state index in [9.17, 15) is 9.90 Å². The number of aliphatic hydroxyl groups is 1. The maximum atomic E-state index is 11.8. The minimum atomic E-state index is -0.0276. The van der Waals surface area contributed by atoms with E-state index in [1.807, 2.05) is 12.2 Å². The molecule has 3 nitrogen and oxygen atoms in total. The summed E-state index contributed by atoms with van der Waals surface area (Å²) in [5, 5.41) is 9.21. The molecule has 1 saturated heterocycles. The number of carbonyl (C=O) groups is 1. The van der Waals surface area contributed by atoms with Crippen molar-refractivity contribution in [1.82, 2.24) is 0 Å². The second kappa shape index (κ2) is 2.42. The second-order valence-electron chi connectivity index (χ2n) is 4.15. The molecule has 70 valence electrons. The van der Waals surface area contributed by atoms with Crippen LogP contribution in [0.3, 0.4) is 0 Å². The number of hydrogen-bond donors (Lipinski definition) is 1. The summed E-state index contributed by atoms with van der Waals surface area (Å²) < 4.78 is 5.49. The molecule has 3 aliphatic rings. The highest BCUT2D eigenvalue weighted by molar-refractivity contribution is 5.90. The molecule has 1 N–H and O–H groups in total. The van der Waals surface area contributed by atoms with E-state index >= 15 is 0 Å². The van der Waals surface area contributed by atoms with Crippen molar-refractivity contribution < 1.29 is 14.6 Å². The molecule has 1 saturated carbocycles. The van der Waals surface area contributed by atoms with Crippen molar-refractivity contribution in [2.24, 2.45) is 23.7 Å². The molecule has 1 heterocycles. The summed E-state index contributed by atoms with van der Waals surface area (Å²) in [5.41, 5.74) is 0. The summed E-state index contributed by atoms with van der Waals surface area (Å²) in [6.45, 7) is 0.755. The van der Waals surface area contributed by atoms with Crippen LogP contribution in [-0.4, -0.2) is 30.2 Å². The standard InChI is InChI=1S/C10H12O3/c11-3-6-5-1-2-8-9(10(5)12)7(6)4-13-8/h1-2,5-9,11H,3-4H2/t5-,6+,7+,8-,9-/m0/s1. The van der Waals surface area contributed by atoms with Gasteiger partial charge in [0.25, 0.3) is 0 Å². The number of aliphatic hydroxyl groups excluding tert-OH is 1. The zero-order valence-electron chi connectivity index (χ0n) is 7.22.